The Hall–Kier alpha value is -2.08. The van der Waals surface area contributed by atoms with Gasteiger partial charge in [0.25, 0.3) is 5.91 Å². The molecule has 0 spiro atoms. The van der Waals surface area contributed by atoms with Crippen molar-refractivity contribution in [3.05, 3.63) is 64.7 Å². The summed E-state index contributed by atoms with van der Waals surface area (Å²) in [5, 5.41) is 10.6. The van der Waals surface area contributed by atoms with Gasteiger partial charge in [-0.25, -0.2) is 0 Å². The Morgan fingerprint density at radius 2 is 2.07 bits per heavy atom. The third-order valence-corrected chi connectivity index (χ3v) is 6.39. The first-order valence-electron chi connectivity index (χ1n) is 10.7. The van der Waals surface area contributed by atoms with Crippen molar-refractivity contribution in [1.29, 1.82) is 0 Å². The number of carbonyl (C=O) groups is 1. The van der Waals surface area contributed by atoms with Crippen LogP contribution in [0.15, 0.2) is 48.5 Å². The summed E-state index contributed by atoms with van der Waals surface area (Å²) in [5.41, 5.74) is 2.15. The Labute approximate surface area is 183 Å². The summed E-state index contributed by atoms with van der Waals surface area (Å²) < 4.78 is 6.16. The van der Waals surface area contributed by atoms with Gasteiger partial charge in [0.15, 0.2) is 6.10 Å². The van der Waals surface area contributed by atoms with E-state index in [1.54, 1.807) is 0 Å². The van der Waals surface area contributed by atoms with Crippen molar-refractivity contribution in [2.45, 2.75) is 43.9 Å². The number of amides is 1. The summed E-state index contributed by atoms with van der Waals surface area (Å²) >= 11 is 6.13. The summed E-state index contributed by atoms with van der Waals surface area (Å²) in [4.78, 5) is 17.5. The number of nitrogens with zero attached hydrogens (tertiary/aromatic N) is 2. The molecule has 3 atom stereocenters. The fourth-order valence-corrected chi connectivity index (χ4v) is 4.65. The first-order chi connectivity index (χ1) is 14.5. The van der Waals surface area contributed by atoms with E-state index in [2.05, 4.69) is 17.0 Å². The van der Waals surface area contributed by atoms with Crippen LogP contribution in [0, 0.1) is 0 Å². The van der Waals surface area contributed by atoms with Gasteiger partial charge in [-0.2, -0.15) is 0 Å². The Morgan fingerprint density at radius 1 is 1.27 bits per heavy atom. The van der Waals surface area contributed by atoms with Crippen LogP contribution in [0.25, 0.3) is 0 Å². The van der Waals surface area contributed by atoms with Crippen LogP contribution in [0.2, 0.25) is 5.02 Å². The highest BCUT2D eigenvalue weighted by Crippen LogP contribution is 2.31. The number of likely N-dealkylation sites (N-methyl/N-ethyl adjacent to an activating group) is 1. The zero-order chi connectivity index (χ0) is 21.1. The molecule has 0 aliphatic carbocycles. The topological polar surface area (TPSA) is 53.0 Å². The second-order valence-corrected chi connectivity index (χ2v) is 8.76. The number of halogens is 1. The molecule has 0 saturated carbocycles. The van der Waals surface area contributed by atoms with Crippen LogP contribution in [0.5, 0.6) is 5.75 Å². The molecule has 0 unspecified atom stereocenters. The van der Waals surface area contributed by atoms with Crippen molar-refractivity contribution in [3.8, 4) is 5.75 Å². The molecule has 0 radical (unpaired) electrons. The molecule has 0 aromatic heterocycles. The maximum atomic E-state index is 13.5. The zero-order valence-electron chi connectivity index (χ0n) is 17.3. The van der Waals surface area contributed by atoms with Crippen molar-refractivity contribution >= 4 is 17.5 Å². The van der Waals surface area contributed by atoms with Gasteiger partial charge in [0.05, 0.1) is 12.1 Å². The molecular formula is C24H29ClN2O3. The van der Waals surface area contributed by atoms with Gasteiger partial charge in [-0.15, -0.1) is 0 Å². The van der Waals surface area contributed by atoms with Crippen molar-refractivity contribution in [2.75, 3.05) is 26.7 Å². The predicted octanol–water partition coefficient (Wildman–Crippen LogP) is 3.69. The molecule has 6 heteroatoms. The molecule has 1 amide bonds. The van der Waals surface area contributed by atoms with Crippen LogP contribution in [0.1, 0.15) is 36.4 Å². The lowest BCUT2D eigenvalue weighted by Gasteiger charge is -2.34. The molecule has 1 fully saturated rings. The van der Waals surface area contributed by atoms with Crippen LogP contribution in [0.4, 0.5) is 0 Å². The largest absolute Gasteiger partial charge is 0.480 e. The molecular weight excluding hydrogens is 400 g/mol. The van der Waals surface area contributed by atoms with Gasteiger partial charge < -0.3 is 14.7 Å². The quantitative estimate of drug-likeness (QED) is 0.789. The van der Waals surface area contributed by atoms with Gasteiger partial charge in [-0.1, -0.05) is 41.9 Å². The summed E-state index contributed by atoms with van der Waals surface area (Å²) in [5.74, 6) is 0.744. The Morgan fingerprint density at radius 3 is 2.80 bits per heavy atom. The SMILES string of the molecule is CN(C(=O)[C@H]1CCCc2cc(Cl)ccc2O1)[C@H](CN1CC[C@H](O)C1)c1ccccc1. The number of benzene rings is 2. The fraction of sp³-hybridized carbons (Fsp3) is 0.458. The molecule has 160 valence electrons. The van der Waals surface area contributed by atoms with E-state index < -0.39 is 6.10 Å². The monoisotopic (exact) mass is 428 g/mol. The number of ether oxygens (including phenoxy) is 1. The second-order valence-electron chi connectivity index (χ2n) is 8.33. The van der Waals surface area contributed by atoms with Crippen molar-refractivity contribution < 1.29 is 14.6 Å². The number of rotatable bonds is 5. The molecule has 5 nitrogen and oxygen atoms in total. The van der Waals surface area contributed by atoms with Crippen LogP contribution < -0.4 is 4.74 Å². The van der Waals surface area contributed by atoms with Crippen LogP contribution in [-0.4, -0.2) is 59.7 Å². The molecule has 2 aromatic rings. The number of hydrogen-bond donors (Lipinski definition) is 1. The lowest BCUT2D eigenvalue weighted by atomic mass is 10.0. The number of likely N-dealkylation sites (tertiary alicyclic amines) is 1. The average Bonchev–Trinajstić information content (AvgIpc) is 3.05. The molecule has 4 rings (SSSR count). The normalized spacial score (nSPS) is 22.6. The van der Waals surface area contributed by atoms with Gasteiger partial charge in [0.2, 0.25) is 0 Å². The van der Waals surface area contributed by atoms with E-state index in [4.69, 9.17) is 16.3 Å². The lowest BCUT2D eigenvalue weighted by molar-refractivity contribution is -0.140. The Balaban J connectivity index is 1.53. The summed E-state index contributed by atoms with van der Waals surface area (Å²) in [7, 11) is 1.86. The highest BCUT2D eigenvalue weighted by molar-refractivity contribution is 6.30. The number of carbonyl (C=O) groups excluding carboxylic acids is 1. The van der Waals surface area contributed by atoms with Gasteiger partial charge in [-0.05, 0) is 55.0 Å². The highest BCUT2D eigenvalue weighted by atomic mass is 35.5. The molecule has 2 aliphatic heterocycles. The number of hydrogen-bond acceptors (Lipinski definition) is 4. The molecule has 2 aromatic carbocycles. The Bertz CT molecular complexity index is 876. The third kappa shape index (κ3) is 4.80. The van der Waals surface area contributed by atoms with E-state index in [1.165, 1.54) is 0 Å². The van der Waals surface area contributed by atoms with E-state index in [-0.39, 0.29) is 18.1 Å². The molecule has 1 saturated heterocycles. The van der Waals surface area contributed by atoms with Gasteiger partial charge >= 0.3 is 0 Å². The lowest BCUT2D eigenvalue weighted by Crippen LogP contribution is -2.45. The first kappa shape index (κ1) is 21.2. The minimum Gasteiger partial charge on any atom is -0.480 e. The van der Waals surface area contributed by atoms with E-state index in [0.29, 0.717) is 24.5 Å². The zero-order valence-corrected chi connectivity index (χ0v) is 18.1. The van der Waals surface area contributed by atoms with E-state index in [9.17, 15) is 9.90 Å². The predicted molar refractivity (Wildman–Crippen MR) is 118 cm³/mol. The molecule has 2 aliphatic rings. The Kier molecular flexibility index (Phi) is 6.61. The van der Waals surface area contributed by atoms with Gasteiger partial charge in [-0.3, -0.25) is 9.69 Å². The van der Waals surface area contributed by atoms with Crippen LogP contribution >= 0.6 is 11.6 Å². The summed E-state index contributed by atoms with van der Waals surface area (Å²) in [6.07, 6.45) is 2.41. The maximum absolute atomic E-state index is 13.5. The number of fused-ring (bicyclic) bond motifs is 1. The molecule has 1 N–H and O–H groups in total. The number of β-amino-alcohol motifs (C(OH)–C–C–N with tert-alkyl or cyclic N) is 1. The average molecular weight is 429 g/mol. The van der Waals surface area contributed by atoms with Crippen molar-refractivity contribution in [3.63, 3.8) is 0 Å². The number of aliphatic hydroxyl groups is 1. The van der Waals surface area contributed by atoms with Gasteiger partial charge in [0, 0.05) is 31.7 Å². The molecule has 30 heavy (non-hydrogen) atoms. The van der Waals surface area contributed by atoms with Crippen LogP contribution in [-0.2, 0) is 11.2 Å². The standard InChI is InChI=1S/C24H29ClN2O3/c1-26(21(17-6-3-2-4-7-17)16-27-13-12-20(28)15-27)24(29)23-9-5-8-18-14-19(25)10-11-22(18)30-23/h2-4,6-7,10-11,14,20-21,23,28H,5,8-9,12-13,15-16H2,1H3/t20-,21+,23+/m0/s1. The summed E-state index contributed by atoms with van der Waals surface area (Å²) in [6, 6.07) is 15.6. The van der Waals surface area contributed by atoms with Crippen LogP contribution in [0.3, 0.4) is 0 Å². The smallest absolute Gasteiger partial charge is 0.263 e. The summed E-state index contributed by atoms with van der Waals surface area (Å²) in [6.45, 7) is 2.20. The number of aliphatic hydroxyl groups excluding tert-OH is 1. The highest BCUT2D eigenvalue weighted by Gasteiger charge is 2.33. The van der Waals surface area contributed by atoms with E-state index >= 15 is 0 Å². The minimum absolute atomic E-state index is 0.00796. The first-order valence-corrected chi connectivity index (χ1v) is 11.1. The van der Waals surface area contributed by atoms with Gasteiger partial charge in [0.1, 0.15) is 5.75 Å². The molecule has 2 heterocycles. The fourth-order valence-electron chi connectivity index (χ4n) is 4.45. The second kappa shape index (κ2) is 9.38. The minimum atomic E-state index is -0.507. The van der Waals surface area contributed by atoms with E-state index in [1.807, 2.05) is 48.3 Å². The van der Waals surface area contributed by atoms with E-state index in [0.717, 1.165) is 42.7 Å². The maximum Gasteiger partial charge on any atom is 0.263 e. The molecule has 0 bridgehead atoms. The number of aryl methyl sites for hydroxylation is 1. The van der Waals surface area contributed by atoms with Crippen molar-refractivity contribution in [1.82, 2.24) is 9.80 Å². The third-order valence-electron chi connectivity index (χ3n) is 6.16. The van der Waals surface area contributed by atoms with Crippen molar-refractivity contribution in [2.24, 2.45) is 0 Å².